The first kappa shape index (κ1) is 17.7. The van der Waals surface area contributed by atoms with Crippen LogP contribution in [0, 0.1) is 12.8 Å². The fourth-order valence-corrected chi connectivity index (χ4v) is 2.53. The van der Waals surface area contributed by atoms with Crippen molar-refractivity contribution in [3.63, 3.8) is 0 Å². The van der Waals surface area contributed by atoms with E-state index in [0.717, 1.165) is 22.5 Å². The van der Waals surface area contributed by atoms with Gasteiger partial charge in [0.25, 0.3) is 0 Å². The number of ether oxygens (including phenoxy) is 1. The number of anilines is 1. The smallest absolute Gasteiger partial charge is 0.336 e. The third kappa shape index (κ3) is 3.59. The molecule has 3 aromatic rings. The van der Waals surface area contributed by atoms with Gasteiger partial charge in [0.15, 0.2) is 5.82 Å². The lowest BCUT2D eigenvalue weighted by Crippen LogP contribution is -2.17. The summed E-state index contributed by atoms with van der Waals surface area (Å²) in [6.45, 7) is 5.76. The van der Waals surface area contributed by atoms with E-state index in [2.05, 4.69) is 15.4 Å². The third-order valence-corrected chi connectivity index (χ3v) is 4.06. The molecule has 3 rings (SSSR count). The molecule has 0 aliphatic carbocycles. The number of nitrogens with zero attached hydrogens (tertiary/aromatic N) is 3. The second kappa shape index (κ2) is 7.39. The van der Waals surface area contributed by atoms with Gasteiger partial charge in [-0.2, -0.15) is 4.98 Å². The summed E-state index contributed by atoms with van der Waals surface area (Å²) >= 11 is 0. The van der Waals surface area contributed by atoms with E-state index >= 15 is 0 Å². The van der Waals surface area contributed by atoms with Gasteiger partial charge < -0.3 is 10.1 Å². The molecule has 0 aliphatic heterocycles. The molecule has 134 valence electrons. The summed E-state index contributed by atoms with van der Waals surface area (Å²) in [5, 5.41) is 7.31. The molecule has 0 unspecified atom stereocenters. The molecular weight excluding hydrogens is 328 g/mol. The summed E-state index contributed by atoms with van der Waals surface area (Å²) < 4.78 is 6.97. The molecule has 2 aromatic carbocycles. The third-order valence-electron chi connectivity index (χ3n) is 4.06. The number of nitrogens with one attached hydrogen (secondary N) is 1. The van der Waals surface area contributed by atoms with Gasteiger partial charge in [-0.1, -0.05) is 38.1 Å². The standard InChI is InChI=1S/C20H22N4O2/c1-13(2)19(25)21-15-9-11-16(12-10-15)24-18(22-20(23-24)26-4)17-8-6-5-7-14(17)3/h5-13H,1-4H3,(H,21,25). The van der Waals surface area contributed by atoms with E-state index in [1.54, 1.807) is 11.8 Å². The van der Waals surface area contributed by atoms with Crippen LogP contribution in [0.15, 0.2) is 48.5 Å². The van der Waals surface area contributed by atoms with Crippen LogP contribution in [0.5, 0.6) is 6.01 Å². The fourth-order valence-electron chi connectivity index (χ4n) is 2.53. The lowest BCUT2D eigenvalue weighted by molar-refractivity contribution is -0.118. The summed E-state index contributed by atoms with van der Waals surface area (Å²) in [6.07, 6.45) is 0. The van der Waals surface area contributed by atoms with Gasteiger partial charge in [0, 0.05) is 17.2 Å². The van der Waals surface area contributed by atoms with Gasteiger partial charge in [-0.3, -0.25) is 4.79 Å². The zero-order chi connectivity index (χ0) is 18.7. The summed E-state index contributed by atoms with van der Waals surface area (Å²) in [4.78, 5) is 16.3. The molecule has 0 bridgehead atoms. The lowest BCUT2D eigenvalue weighted by atomic mass is 10.1. The zero-order valence-electron chi connectivity index (χ0n) is 15.4. The van der Waals surface area contributed by atoms with Crippen LogP contribution in [0.3, 0.4) is 0 Å². The maximum absolute atomic E-state index is 11.8. The van der Waals surface area contributed by atoms with Crippen LogP contribution in [0.1, 0.15) is 19.4 Å². The number of rotatable bonds is 5. The molecule has 0 saturated carbocycles. The van der Waals surface area contributed by atoms with Crippen molar-refractivity contribution in [2.45, 2.75) is 20.8 Å². The molecule has 0 atom stereocenters. The van der Waals surface area contributed by atoms with Crippen molar-refractivity contribution < 1.29 is 9.53 Å². The molecule has 0 aliphatic rings. The Morgan fingerprint density at radius 3 is 2.42 bits per heavy atom. The average Bonchev–Trinajstić information content (AvgIpc) is 3.07. The first-order valence-electron chi connectivity index (χ1n) is 8.48. The van der Waals surface area contributed by atoms with Crippen LogP contribution in [-0.2, 0) is 4.79 Å². The Bertz CT molecular complexity index is 914. The van der Waals surface area contributed by atoms with Gasteiger partial charge >= 0.3 is 6.01 Å². The number of methoxy groups -OCH3 is 1. The highest BCUT2D eigenvalue weighted by atomic mass is 16.5. The predicted octanol–water partition coefficient (Wildman–Crippen LogP) is 3.85. The van der Waals surface area contributed by atoms with Crippen LogP contribution >= 0.6 is 0 Å². The van der Waals surface area contributed by atoms with Crippen LogP contribution < -0.4 is 10.1 Å². The van der Waals surface area contributed by atoms with Crippen molar-refractivity contribution in [3.05, 3.63) is 54.1 Å². The summed E-state index contributed by atoms with van der Waals surface area (Å²) in [5.41, 5.74) is 3.67. The number of carbonyl (C=O) groups is 1. The Balaban J connectivity index is 1.98. The van der Waals surface area contributed by atoms with Crippen molar-refractivity contribution in [1.82, 2.24) is 14.8 Å². The Morgan fingerprint density at radius 1 is 1.12 bits per heavy atom. The molecule has 1 aromatic heterocycles. The monoisotopic (exact) mass is 350 g/mol. The molecule has 1 heterocycles. The van der Waals surface area contributed by atoms with Gasteiger partial charge in [0.2, 0.25) is 5.91 Å². The average molecular weight is 350 g/mol. The maximum atomic E-state index is 11.8. The highest BCUT2D eigenvalue weighted by molar-refractivity contribution is 5.92. The summed E-state index contributed by atoms with van der Waals surface area (Å²) in [6, 6.07) is 15.8. The number of carbonyl (C=O) groups excluding carboxylic acids is 1. The van der Waals surface area contributed by atoms with E-state index < -0.39 is 0 Å². The maximum Gasteiger partial charge on any atom is 0.336 e. The molecule has 1 N–H and O–H groups in total. The quantitative estimate of drug-likeness (QED) is 0.759. The van der Waals surface area contributed by atoms with E-state index in [0.29, 0.717) is 11.8 Å². The molecule has 0 fully saturated rings. The Labute approximate surface area is 152 Å². The topological polar surface area (TPSA) is 69.0 Å². The van der Waals surface area contributed by atoms with Crippen LogP contribution in [0.2, 0.25) is 0 Å². The number of benzene rings is 2. The van der Waals surface area contributed by atoms with Crippen molar-refractivity contribution in [3.8, 4) is 23.1 Å². The van der Waals surface area contributed by atoms with E-state index in [4.69, 9.17) is 4.74 Å². The Hall–Kier alpha value is -3.15. The fraction of sp³-hybridized carbons (Fsp3) is 0.250. The minimum Gasteiger partial charge on any atom is -0.466 e. The van der Waals surface area contributed by atoms with Crippen molar-refractivity contribution in [2.24, 2.45) is 5.92 Å². The van der Waals surface area contributed by atoms with Crippen LogP contribution in [0.25, 0.3) is 17.1 Å². The Morgan fingerprint density at radius 2 is 1.81 bits per heavy atom. The van der Waals surface area contributed by atoms with Gasteiger partial charge in [-0.25, -0.2) is 4.68 Å². The number of aromatic nitrogens is 3. The zero-order valence-corrected chi connectivity index (χ0v) is 15.4. The highest BCUT2D eigenvalue weighted by Crippen LogP contribution is 2.26. The molecule has 0 saturated heterocycles. The predicted molar refractivity (Wildman–Crippen MR) is 102 cm³/mol. The molecular formula is C20H22N4O2. The SMILES string of the molecule is COc1nc(-c2ccccc2C)n(-c2ccc(NC(=O)C(C)C)cc2)n1. The normalized spacial score (nSPS) is 10.8. The summed E-state index contributed by atoms with van der Waals surface area (Å²) in [7, 11) is 1.55. The van der Waals surface area contributed by atoms with Gasteiger partial charge in [-0.15, -0.1) is 5.10 Å². The van der Waals surface area contributed by atoms with Crippen molar-refractivity contribution >= 4 is 11.6 Å². The number of hydrogen-bond donors (Lipinski definition) is 1. The van der Waals surface area contributed by atoms with Gasteiger partial charge in [-0.05, 0) is 36.8 Å². The summed E-state index contributed by atoms with van der Waals surface area (Å²) in [5.74, 6) is 0.626. The molecule has 6 heteroatoms. The van der Waals surface area contributed by atoms with Gasteiger partial charge in [0.05, 0.1) is 12.8 Å². The molecule has 6 nitrogen and oxygen atoms in total. The molecule has 1 amide bonds. The largest absolute Gasteiger partial charge is 0.466 e. The van der Waals surface area contributed by atoms with Crippen molar-refractivity contribution in [1.29, 1.82) is 0 Å². The molecule has 0 spiro atoms. The molecule has 26 heavy (non-hydrogen) atoms. The first-order valence-corrected chi connectivity index (χ1v) is 8.48. The molecule has 0 radical (unpaired) electrons. The second-order valence-electron chi connectivity index (χ2n) is 6.34. The lowest BCUT2D eigenvalue weighted by Gasteiger charge is -2.10. The van der Waals surface area contributed by atoms with E-state index in [-0.39, 0.29) is 11.8 Å². The highest BCUT2D eigenvalue weighted by Gasteiger charge is 2.16. The Kier molecular flexibility index (Phi) is 5.02. The minimum absolute atomic E-state index is 0.0132. The van der Waals surface area contributed by atoms with E-state index in [1.165, 1.54) is 0 Å². The van der Waals surface area contributed by atoms with Crippen LogP contribution in [-0.4, -0.2) is 27.8 Å². The first-order chi connectivity index (χ1) is 12.5. The van der Waals surface area contributed by atoms with Crippen LogP contribution in [0.4, 0.5) is 5.69 Å². The minimum atomic E-state index is -0.0677. The van der Waals surface area contributed by atoms with Gasteiger partial charge in [0.1, 0.15) is 0 Å². The number of hydrogen-bond acceptors (Lipinski definition) is 4. The van der Waals surface area contributed by atoms with E-state index in [9.17, 15) is 4.79 Å². The number of amides is 1. The van der Waals surface area contributed by atoms with Crippen molar-refractivity contribution in [2.75, 3.05) is 12.4 Å². The van der Waals surface area contributed by atoms with E-state index in [1.807, 2.05) is 69.3 Å². The second-order valence-corrected chi connectivity index (χ2v) is 6.34. The number of aryl methyl sites for hydroxylation is 1.